The van der Waals surface area contributed by atoms with E-state index in [2.05, 4.69) is 30.6 Å². The monoisotopic (exact) mass is 376 g/mol. The minimum Gasteiger partial charge on any atom is -0.350 e. The minimum absolute atomic E-state index is 0.238. The van der Waals surface area contributed by atoms with Gasteiger partial charge >= 0.3 is 0 Å². The summed E-state index contributed by atoms with van der Waals surface area (Å²) in [6.07, 6.45) is 6.92. The molecule has 1 amide bonds. The van der Waals surface area contributed by atoms with Crippen molar-refractivity contribution < 1.29 is 4.79 Å². The van der Waals surface area contributed by atoms with Gasteiger partial charge in [-0.1, -0.05) is 12.1 Å². The molecule has 7 nitrogen and oxygen atoms in total. The lowest BCUT2D eigenvalue weighted by atomic mass is 10.2. The number of hydrogen-bond donors (Lipinski definition) is 2. The molecule has 4 aromatic heterocycles. The Hall–Kier alpha value is -3.39. The van der Waals surface area contributed by atoms with Crippen LogP contribution in [0.4, 0.5) is 5.95 Å². The third-order valence-corrected chi connectivity index (χ3v) is 4.78. The van der Waals surface area contributed by atoms with Gasteiger partial charge in [0, 0.05) is 37.9 Å². The maximum Gasteiger partial charge on any atom is 0.271 e. The Balaban J connectivity index is 1.54. The van der Waals surface area contributed by atoms with E-state index in [1.165, 1.54) is 11.3 Å². The van der Waals surface area contributed by atoms with Crippen LogP contribution >= 0.6 is 11.3 Å². The highest BCUT2D eigenvalue weighted by molar-refractivity contribution is 7.17. The van der Waals surface area contributed by atoms with E-state index >= 15 is 0 Å². The van der Waals surface area contributed by atoms with Gasteiger partial charge in [-0.25, -0.2) is 9.97 Å². The minimum atomic E-state index is -0.238. The van der Waals surface area contributed by atoms with Gasteiger partial charge in [-0.2, -0.15) is 0 Å². The van der Waals surface area contributed by atoms with Crippen molar-refractivity contribution in [1.29, 1.82) is 0 Å². The largest absolute Gasteiger partial charge is 0.350 e. The maximum atomic E-state index is 12.7. The van der Waals surface area contributed by atoms with Gasteiger partial charge in [0.2, 0.25) is 5.95 Å². The zero-order valence-electron chi connectivity index (χ0n) is 14.3. The van der Waals surface area contributed by atoms with Crippen molar-refractivity contribution in [2.75, 3.05) is 5.32 Å². The molecular formula is C19H16N6OS. The Bertz CT molecular complexity index is 1050. The Morgan fingerprint density at radius 2 is 1.70 bits per heavy atom. The van der Waals surface area contributed by atoms with E-state index in [4.69, 9.17) is 0 Å². The number of anilines is 1. The van der Waals surface area contributed by atoms with Crippen LogP contribution in [0.25, 0.3) is 10.2 Å². The fraction of sp³-hybridized carbons (Fsp3) is 0.105. The SMILES string of the molecule is O=C(NCc1cccnc1)c1nc(NCc2cccnc2)nc2ccsc12. The van der Waals surface area contributed by atoms with Gasteiger partial charge in [-0.15, -0.1) is 11.3 Å². The van der Waals surface area contributed by atoms with Gasteiger partial charge in [0.1, 0.15) is 0 Å². The summed E-state index contributed by atoms with van der Waals surface area (Å²) >= 11 is 1.45. The highest BCUT2D eigenvalue weighted by Crippen LogP contribution is 2.24. The average Bonchev–Trinajstić information content (AvgIpc) is 3.20. The fourth-order valence-corrected chi connectivity index (χ4v) is 3.37. The van der Waals surface area contributed by atoms with Gasteiger partial charge in [-0.3, -0.25) is 14.8 Å². The summed E-state index contributed by atoms with van der Waals surface area (Å²) in [5.74, 6) is 0.175. The summed E-state index contributed by atoms with van der Waals surface area (Å²) in [4.78, 5) is 29.8. The van der Waals surface area contributed by atoms with Crippen molar-refractivity contribution in [3.8, 4) is 0 Å². The lowest BCUT2D eigenvalue weighted by Gasteiger charge is -2.09. The lowest BCUT2D eigenvalue weighted by Crippen LogP contribution is -2.24. The van der Waals surface area contributed by atoms with Crippen LogP contribution in [0.5, 0.6) is 0 Å². The average molecular weight is 376 g/mol. The molecule has 4 rings (SSSR count). The number of rotatable bonds is 6. The summed E-state index contributed by atoms with van der Waals surface area (Å²) in [7, 11) is 0. The van der Waals surface area contributed by atoms with E-state index in [0.717, 1.165) is 21.3 Å². The number of pyridine rings is 2. The summed E-state index contributed by atoms with van der Waals surface area (Å²) in [5, 5.41) is 7.97. The Morgan fingerprint density at radius 3 is 2.41 bits per heavy atom. The van der Waals surface area contributed by atoms with Crippen LogP contribution in [0.2, 0.25) is 0 Å². The highest BCUT2D eigenvalue weighted by Gasteiger charge is 2.16. The number of amides is 1. The molecule has 4 heterocycles. The summed E-state index contributed by atoms with van der Waals surface area (Å²) in [6, 6.07) is 9.47. The van der Waals surface area contributed by atoms with Crippen LogP contribution < -0.4 is 10.6 Å². The topological polar surface area (TPSA) is 92.7 Å². The van der Waals surface area contributed by atoms with Crippen molar-refractivity contribution in [2.24, 2.45) is 0 Å². The van der Waals surface area contributed by atoms with Gasteiger partial charge in [0.15, 0.2) is 5.69 Å². The van der Waals surface area contributed by atoms with Gasteiger partial charge in [-0.05, 0) is 34.7 Å². The number of aromatic nitrogens is 4. The predicted molar refractivity (Wildman–Crippen MR) is 104 cm³/mol. The van der Waals surface area contributed by atoms with E-state index in [1.807, 2.05) is 35.7 Å². The molecule has 4 aromatic rings. The highest BCUT2D eigenvalue weighted by atomic mass is 32.1. The van der Waals surface area contributed by atoms with Crippen LogP contribution in [0.15, 0.2) is 60.5 Å². The second kappa shape index (κ2) is 7.88. The molecule has 0 saturated carbocycles. The zero-order chi connectivity index (χ0) is 18.5. The van der Waals surface area contributed by atoms with Crippen LogP contribution in [0.3, 0.4) is 0 Å². The van der Waals surface area contributed by atoms with Crippen LogP contribution in [0.1, 0.15) is 21.6 Å². The van der Waals surface area contributed by atoms with E-state index in [9.17, 15) is 4.79 Å². The number of fused-ring (bicyclic) bond motifs is 1. The first-order valence-corrected chi connectivity index (χ1v) is 9.23. The van der Waals surface area contributed by atoms with E-state index < -0.39 is 0 Å². The summed E-state index contributed by atoms with van der Waals surface area (Å²) in [5.41, 5.74) is 3.05. The molecule has 0 aliphatic heterocycles. The Labute approximate surface area is 159 Å². The number of nitrogens with zero attached hydrogens (tertiary/aromatic N) is 4. The number of nitrogens with one attached hydrogen (secondary N) is 2. The molecule has 0 aliphatic carbocycles. The molecular weight excluding hydrogens is 360 g/mol. The molecule has 2 N–H and O–H groups in total. The number of carbonyl (C=O) groups is 1. The van der Waals surface area contributed by atoms with E-state index in [1.54, 1.807) is 24.8 Å². The standard InChI is InChI=1S/C19H16N6OS/c26-18(22-11-13-3-1-6-20-9-13)16-17-15(5-8-27-17)24-19(25-16)23-12-14-4-2-7-21-10-14/h1-10H,11-12H2,(H,22,26)(H,23,24,25). The van der Waals surface area contributed by atoms with Crippen molar-refractivity contribution in [3.63, 3.8) is 0 Å². The molecule has 0 bridgehead atoms. The van der Waals surface area contributed by atoms with Crippen molar-refractivity contribution in [2.45, 2.75) is 13.1 Å². The molecule has 0 fully saturated rings. The molecule has 0 aliphatic rings. The Morgan fingerprint density at radius 1 is 0.963 bits per heavy atom. The third kappa shape index (κ3) is 4.06. The van der Waals surface area contributed by atoms with Crippen molar-refractivity contribution in [1.82, 2.24) is 25.3 Å². The Kier molecular flexibility index (Phi) is 4.97. The van der Waals surface area contributed by atoms with Gasteiger partial charge in [0.25, 0.3) is 5.91 Å². The van der Waals surface area contributed by atoms with Gasteiger partial charge in [0.05, 0.1) is 10.2 Å². The number of thiophene rings is 1. The number of hydrogen-bond acceptors (Lipinski definition) is 7. The van der Waals surface area contributed by atoms with Crippen LogP contribution in [0, 0.1) is 0 Å². The fourth-order valence-electron chi connectivity index (χ4n) is 2.55. The molecule has 0 spiro atoms. The first-order chi connectivity index (χ1) is 13.3. The second-order valence-electron chi connectivity index (χ2n) is 5.79. The predicted octanol–water partition coefficient (Wildman–Crippen LogP) is 3.02. The molecule has 0 unspecified atom stereocenters. The first kappa shape index (κ1) is 17.0. The van der Waals surface area contributed by atoms with E-state index in [-0.39, 0.29) is 5.91 Å². The molecule has 8 heteroatoms. The quantitative estimate of drug-likeness (QED) is 0.537. The number of carbonyl (C=O) groups excluding carboxylic acids is 1. The third-order valence-electron chi connectivity index (χ3n) is 3.87. The summed E-state index contributed by atoms with van der Waals surface area (Å²) in [6.45, 7) is 0.919. The lowest BCUT2D eigenvalue weighted by molar-refractivity contribution is 0.0948. The smallest absolute Gasteiger partial charge is 0.271 e. The zero-order valence-corrected chi connectivity index (χ0v) is 15.1. The van der Waals surface area contributed by atoms with Crippen molar-refractivity contribution >= 4 is 33.4 Å². The molecule has 27 heavy (non-hydrogen) atoms. The van der Waals surface area contributed by atoms with Crippen LogP contribution in [-0.4, -0.2) is 25.8 Å². The second-order valence-corrected chi connectivity index (χ2v) is 6.71. The van der Waals surface area contributed by atoms with Gasteiger partial charge < -0.3 is 10.6 Å². The van der Waals surface area contributed by atoms with Crippen molar-refractivity contribution in [3.05, 3.63) is 77.3 Å². The molecule has 134 valence electrons. The molecule has 0 radical (unpaired) electrons. The van der Waals surface area contributed by atoms with Crippen LogP contribution in [-0.2, 0) is 13.1 Å². The summed E-state index contributed by atoms with van der Waals surface area (Å²) < 4.78 is 0.769. The normalized spacial score (nSPS) is 10.7. The molecule has 0 saturated heterocycles. The molecule has 0 aromatic carbocycles. The maximum absolute atomic E-state index is 12.7. The molecule has 0 atom stereocenters. The van der Waals surface area contributed by atoms with E-state index in [0.29, 0.717) is 24.7 Å². The first-order valence-electron chi connectivity index (χ1n) is 8.35.